The van der Waals surface area contributed by atoms with Gasteiger partial charge in [-0.05, 0) is 74.6 Å². The smallest absolute Gasteiger partial charge is 0.248 e. The summed E-state index contributed by atoms with van der Waals surface area (Å²) in [5.41, 5.74) is 7.62. The SMILES string of the molecule is Cc1ccc(C(N)=O)cc1Nc1nc(NCC2CC3CCC2C3)nc(N[C@@H]2CCNC2)n1. The zero-order valence-corrected chi connectivity index (χ0v) is 18.5. The monoisotopic (exact) mass is 436 g/mol. The number of hydrogen-bond acceptors (Lipinski definition) is 8. The molecule has 9 nitrogen and oxygen atoms in total. The number of amides is 1. The molecule has 4 atom stereocenters. The lowest BCUT2D eigenvalue weighted by Crippen LogP contribution is -2.25. The van der Waals surface area contributed by atoms with Crippen LogP contribution >= 0.6 is 0 Å². The molecule has 170 valence electrons. The van der Waals surface area contributed by atoms with Gasteiger partial charge in [-0.25, -0.2) is 0 Å². The number of aromatic nitrogens is 3. The van der Waals surface area contributed by atoms with Crippen molar-refractivity contribution in [3.05, 3.63) is 29.3 Å². The molecule has 3 fully saturated rings. The summed E-state index contributed by atoms with van der Waals surface area (Å²) in [6.45, 7) is 4.74. The predicted molar refractivity (Wildman–Crippen MR) is 125 cm³/mol. The van der Waals surface area contributed by atoms with Crippen LogP contribution in [0.3, 0.4) is 0 Å². The molecule has 2 saturated carbocycles. The average Bonchev–Trinajstić information content (AvgIpc) is 3.52. The molecule has 2 aromatic rings. The lowest BCUT2D eigenvalue weighted by Gasteiger charge is -2.22. The molecule has 0 spiro atoms. The fraction of sp³-hybridized carbons (Fsp3) is 0.565. The van der Waals surface area contributed by atoms with Gasteiger partial charge < -0.3 is 27.0 Å². The minimum absolute atomic E-state index is 0.295. The van der Waals surface area contributed by atoms with E-state index in [-0.39, 0.29) is 0 Å². The molecule has 0 radical (unpaired) electrons. The molecule has 1 aliphatic heterocycles. The maximum Gasteiger partial charge on any atom is 0.248 e. The van der Waals surface area contributed by atoms with Gasteiger partial charge in [0.15, 0.2) is 0 Å². The maximum atomic E-state index is 11.6. The molecule has 1 aromatic carbocycles. The van der Waals surface area contributed by atoms with E-state index < -0.39 is 5.91 Å². The van der Waals surface area contributed by atoms with Gasteiger partial charge in [0.25, 0.3) is 0 Å². The largest absolute Gasteiger partial charge is 0.366 e. The number of primary amides is 1. The molecular formula is C23H32N8O. The van der Waals surface area contributed by atoms with Crippen molar-refractivity contribution in [2.24, 2.45) is 23.5 Å². The Morgan fingerprint density at radius 2 is 1.97 bits per heavy atom. The second-order valence-corrected chi connectivity index (χ2v) is 9.48. The normalized spacial score (nSPS) is 26.3. The molecule has 32 heavy (non-hydrogen) atoms. The Morgan fingerprint density at radius 1 is 1.12 bits per heavy atom. The highest BCUT2D eigenvalue weighted by Gasteiger charge is 2.39. The van der Waals surface area contributed by atoms with Gasteiger partial charge in [0.1, 0.15) is 0 Å². The number of hydrogen-bond donors (Lipinski definition) is 5. The summed E-state index contributed by atoms with van der Waals surface area (Å²) in [7, 11) is 0. The summed E-state index contributed by atoms with van der Waals surface area (Å²) in [4.78, 5) is 25.5. The van der Waals surface area contributed by atoms with Gasteiger partial charge in [0.2, 0.25) is 23.8 Å². The summed E-state index contributed by atoms with van der Waals surface area (Å²) in [6, 6.07) is 5.61. The topological polar surface area (TPSA) is 130 Å². The number of nitrogens with one attached hydrogen (secondary N) is 4. The molecule has 1 aromatic heterocycles. The zero-order chi connectivity index (χ0) is 22.1. The van der Waals surface area contributed by atoms with Gasteiger partial charge in [-0.2, -0.15) is 15.0 Å². The molecule has 2 aliphatic carbocycles. The first-order valence-electron chi connectivity index (χ1n) is 11.7. The lowest BCUT2D eigenvalue weighted by atomic mass is 9.89. The number of fused-ring (bicyclic) bond motifs is 2. The fourth-order valence-electron chi connectivity index (χ4n) is 5.42. The molecule has 2 heterocycles. The summed E-state index contributed by atoms with van der Waals surface area (Å²) >= 11 is 0. The number of carbonyl (C=O) groups is 1. The molecule has 3 unspecified atom stereocenters. The molecule has 5 rings (SSSR count). The van der Waals surface area contributed by atoms with Crippen LogP contribution in [-0.4, -0.2) is 46.5 Å². The van der Waals surface area contributed by atoms with Crippen LogP contribution in [-0.2, 0) is 0 Å². The van der Waals surface area contributed by atoms with Crippen molar-refractivity contribution in [1.82, 2.24) is 20.3 Å². The van der Waals surface area contributed by atoms with Crippen molar-refractivity contribution in [2.45, 2.75) is 45.1 Å². The van der Waals surface area contributed by atoms with Crippen LogP contribution < -0.4 is 27.0 Å². The van der Waals surface area contributed by atoms with Crippen LogP contribution in [0.4, 0.5) is 23.5 Å². The summed E-state index contributed by atoms with van der Waals surface area (Å²) < 4.78 is 0. The number of rotatable bonds is 8. The van der Waals surface area contributed by atoms with Crippen molar-refractivity contribution in [1.29, 1.82) is 0 Å². The Bertz CT molecular complexity index is 990. The Labute approximate surface area is 188 Å². The van der Waals surface area contributed by atoms with E-state index in [0.29, 0.717) is 35.4 Å². The minimum Gasteiger partial charge on any atom is -0.366 e. The van der Waals surface area contributed by atoms with Crippen LogP contribution in [0.15, 0.2) is 18.2 Å². The van der Waals surface area contributed by atoms with Crippen LogP contribution in [0, 0.1) is 24.7 Å². The van der Waals surface area contributed by atoms with Crippen molar-refractivity contribution in [3.8, 4) is 0 Å². The van der Waals surface area contributed by atoms with Crippen LogP contribution in [0.25, 0.3) is 0 Å². The molecule has 9 heteroatoms. The average molecular weight is 437 g/mol. The number of nitrogens with zero attached hydrogens (tertiary/aromatic N) is 3. The van der Waals surface area contributed by atoms with E-state index in [9.17, 15) is 4.79 Å². The highest BCUT2D eigenvalue weighted by atomic mass is 16.1. The number of anilines is 4. The third-order valence-corrected chi connectivity index (χ3v) is 7.20. The first-order chi connectivity index (χ1) is 15.5. The molecule has 1 saturated heterocycles. The van der Waals surface area contributed by atoms with E-state index in [0.717, 1.165) is 49.1 Å². The molecule has 6 N–H and O–H groups in total. The van der Waals surface area contributed by atoms with Crippen molar-refractivity contribution in [2.75, 3.05) is 35.6 Å². The molecular weight excluding hydrogens is 404 g/mol. The van der Waals surface area contributed by atoms with Crippen molar-refractivity contribution >= 4 is 29.4 Å². The highest BCUT2D eigenvalue weighted by molar-refractivity contribution is 5.94. The van der Waals surface area contributed by atoms with Gasteiger partial charge in [0.05, 0.1) is 0 Å². The third-order valence-electron chi connectivity index (χ3n) is 7.20. The zero-order valence-electron chi connectivity index (χ0n) is 18.5. The highest BCUT2D eigenvalue weighted by Crippen LogP contribution is 2.48. The Balaban J connectivity index is 1.36. The minimum atomic E-state index is -0.465. The van der Waals surface area contributed by atoms with E-state index >= 15 is 0 Å². The molecule has 3 aliphatic rings. The second-order valence-electron chi connectivity index (χ2n) is 9.48. The Kier molecular flexibility index (Phi) is 5.82. The van der Waals surface area contributed by atoms with Crippen LogP contribution in [0.2, 0.25) is 0 Å². The lowest BCUT2D eigenvalue weighted by molar-refractivity contribution is 0.100. The van der Waals surface area contributed by atoms with Gasteiger partial charge in [-0.15, -0.1) is 0 Å². The molecule has 2 bridgehead atoms. The second kappa shape index (κ2) is 8.90. The first kappa shape index (κ1) is 20.9. The van der Waals surface area contributed by atoms with E-state index in [1.165, 1.54) is 25.7 Å². The number of nitrogens with two attached hydrogens (primary N) is 1. The van der Waals surface area contributed by atoms with Gasteiger partial charge in [0, 0.05) is 30.4 Å². The predicted octanol–water partition coefficient (Wildman–Crippen LogP) is 2.64. The quantitative estimate of drug-likeness (QED) is 0.427. The Morgan fingerprint density at radius 3 is 2.69 bits per heavy atom. The van der Waals surface area contributed by atoms with Gasteiger partial charge in [-0.3, -0.25) is 4.79 Å². The third kappa shape index (κ3) is 4.62. The Hall–Kier alpha value is -2.94. The molecule has 1 amide bonds. The van der Waals surface area contributed by atoms with Crippen LogP contribution in [0.5, 0.6) is 0 Å². The van der Waals surface area contributed by atoms with Crippen LogP contribution in [0.1, 0.15) is 48.0 Å². The van der Waals surface area contributed by atoms with E-state index in [1.54, 1.807) is 12.1 Å². The van der Waals surface area contributed by atoms with E-state index in [4.69, 9.17) is 5.73 Å². The van der Waals surface area contributed by atoms with E-state index in [2.05, 4.69) is 36.2 Å². The number of carbonyl (C=O) groups excluding carboxylic acids is 1. The standard InChI is InChI=1S/C23H32N8O/c1-13-2-4-16(20(24)32)10-19(13)28-23-30-21(26-11-17-9-14-3-5-15(17)8-14)29-22(31-23)27-18-6-7-25-12-18/h2,4,10,14-15,17-18,25H,3,5-9,11-12H2,1H3,(H2,24,32)(H3,26,27,28,29,30,31)/t14?,15?,17?,18-/m1/s1. The number of aryl methyl sites for hydroxylation is 1. The fourth-order valence-corrected chi connectivity index (χ4v) is 5.42. The van der Waals surface area contributed by atoms with Gasteiger partial charge in [-0.1, -0.05) is 12.5 Å². The maximum absolute atomic E-state index is 11.6. The number of benzene rings is 1. The van der Waals surface area contributed by atoms with Crippen molar-refractivity contribution < 1.29 is 4.79 Å². The van der Waals surface area contributed by atoms with Gasteiger partial charge >= 0.3 is 0 Å². The summed E-state index contributed by atoms with van der Waals surface area (Å²) in [5, 5.41) is 13.5. The summed E-state index contributed by atoms with van der Waals surface area (Å²) in [6.07, 6.45) is 6.48. The van der Waals surface area contributed by atoms with E-state index in [1.807, 2.05) is 13.0 Å². The summed E-state index contributed by atoms with van der Waals surface area (Å²) in [5.74, 6) is 3.55. The first-order valence-corrected chi connectivity index (χ1v) is 11.7. The van der Waals surface area contributed by atoms with Crippen molar-refractivity contribution in [3.63, 3.8) is 0 Å².